The maximum Gasteiger partial charge on any atom is 0.240 e. The van der Waals surface area contributed by atoms with Crippen molar-refractivity contribution in [2.75, 3.05) is 13.7 Å². The zero-order valence-electron chi connectivity index (χ0n) is 17.6. The lowest BCUT2D eigenvalue weighted by Crippen LogP contribution is -2.49. The first-order chi connectivity index (χ1) is 13.6. The number of aliphatic hydroxyl groups is 1. The largest absolute Gasteiger partial charge is 0.497 e. The molecule has 1 aliphatic carbocycles. The van der Waals surface area contributed by atoms with E-state index in [9.17, 15) is 13.5 Å². The number of fused-ring (bicyclic) bond motifs is 1. The van der Waals surface area contributed by atoms with Crippen LogP contribution in [0.1, 0.15) is 36.1 Å². The lowest BCUT2D eigenvalue weighted by Gasteiger charge is -2.42. The zero-order chi connectivity index (χ0) is 21.4. The van der Waals surface area contributed by atoms with Crippen LogP contribution in [0.5, 0.6) is 5.75 Å². The molecule has 0 saturated carbocycles. The molecule has 29 heavy (non-hydrogen) atoms. The fourth-order valence-corrected chi connectivity index (χ4v) is 5.38. The molecule has 5 nitrogen and oxygen atoms in total. The molecule has 3 rings (SSSR count). The van der Waals surface area contributed by atoms with E-state index in [-0.39, 0.29) is 17.5 Å². The fraction of sp³-hybridized carbons (Fsp3) is 0.391. The molecule has 0 fully saturated rings. The Morgan fingerprint density at radius 3 is 2.52 bits per heavy atom. The van der Waals surface area contributed by atoms with Gasteiger partial charge in [-0.05, 0) is 72.4 Å². The normalized spacial score (nSPS) is 19.8. The molecular formula is C23H29NO4S. The van der Waals surface area contributed by atoms with Crippen molar-refractivity contribution in [2.45, 2.75) is 45.1 Å². The topological polar surface area (TPSA) is 75.6 Å². The molecule has 156 valence electrons. The van der Waals surface area contributed by atoms with Crippen molar-refractivity contribution in [3.63, 3.8) is 0 Å². The second-order valence-electron chi connectivity index (χ2n) is 8.17. The van der Waals surface area contributed by atoms with Crippen molar-refractivity contribution in [2.24, 2.45) is 5.41 Å². The lowest BCUT2D eigenvalue weighted by molar-refractivity contribution is 0.327. The van der Waals surface area contributed by atoms with Crippen molar-refractivity contribution in [1.29, 1.82) is 0 Å². The molecular weight excluding hydrogens is 386 g/mol. The van der Waals surface area contributed by atoms with Gasteiger partial charge in [-0.1, -0.05) is 32.1 Å². The van der Waals surface area contributed by atoms with Crippen molar-refractivity contribution in [1.82, 2.24) is 4.72 Å². The summed E-state index contributed by atoms with van der Waals surface area (Å²) in [6.45, 7) is 7.76. The third-order valence-corrected chi connectivity index (χ3v) is 7.45. The first-order valence-corrected chi connectivity index (χ1v) is 11.2. The number of nitrogens with one attached hydrogen (secondary N) is 1. The van der Waals surface area contributed by atoms with Gasteiger partial charge in [0.15, 0.2) is 0 Å². The standard InChI is InChI=1S/C23H29NO4S/c1-15-6-9-19(12-16(15)2)29(26,27)24-22-13-17-7-8-18(28-5)14-20(17)21(10-11-25)23(22,3)4/h6-10,12,14,22,24-25H,11,13H2,1-5H3/b21-10+. The summed E-state index contributed by atoms with van der Waals surface area (Å²) >= 11 is 0. The van der Waals surface area contributed by atoms with Crippen LogP contribution in [0.4, 0.5) is 0 Å². The number of aliphatic hydroxyl groups excluding tert-OH is 1. The maximum absolute atomic E-state index is 13.1. The summed E-state index contributed by atoms with van der Waals surface area (Å²) in [7, 11) is -2.07. The number of hydrogen-bond donors (Lipinski definition) is 2. The highest BCUT2D eigenvalue weighted by Crippen LogP contribution is 2.46. The summed E-state index contributed by atoms with van der Waals surface area (Å²) in [5, 5.41) is 9.61. The summed E-state index contributed by atoms with van der Waals surface area (Å²) in [5.74, 6) is 0.734. The van der Waals surface area contributed by atoms with E-state index in [1.807, 2.05) is 52.0 Å². The van der Waals surface area contributed by atoms with E-state index in [1.54, 1.807) is 25.3 Å². The summed E-state index contributed by atoms with van der Waals surface area (Å²) in [6.07, 6.45) is 2.31. The van der Waals surface area contributed by atoms with Crippen LogP contribution in [0.25, 0.3) is 5.57 Å². The second kappa shape index (κ2) is 7.94. The van der Waals surface area contributed by atoms with Gasteiger partial charge in [0.05, 0.1) is 18.6 Å². The average molecular weight is 416 g/mol. The Balaban J connectivity index is 2.03. The van der Waals surface area contributed by atoms with Gasteiger partial charge in [0, 0.05) is 11.5 Å². The molecule has 2 aromatic rings. The van der Waals surface area contributed by atoms with Crippen LogP contribution in [0.3, 0.4) is 0 Å². The Morgan fingerprint density at radius 2 is 1.90 bits per heavy atom. The molecule has 2 N–H and O–H groups in total. The fourth-order valence-electron chi connectivity index (χ4n) is 3.91. The van der Waals surface area contributed by atoms with Gasteiger partial charge in [0.2, 0.25) is 10.0 Å². The van der Waals surface area contributed by atoms with Crippen LogP contribution in [0.15, 0.2) is 47.4 Å². The number of sulfonamides is 1. The van der Waals surface area contributed by atoms with Crippen LogP contribution in [0, 0.1) is 19.3 Å². The summed E-state index contributed by atoms with van der Waals surface area (Å²) in [5.41, 5.74) is 4.40. The first kappa shape index (κ1) is 21.6. The molecule has 0 radical (unpaired) electrons. The molecule has 1 aliphatic rings. The Bertz CT molecular complexity index is 1050. The van der Waals surface area contributed by atoms with Crippen molar-refractivity contribution in [3.8, 4) is 5.75 Å². The highest BCUT2D eigenvalue weighted by atomic mass is 32.2. The molecule has 6 heteroatoms. The molecule has 0 heterocycles. The highest BCUT2D eigenvalue weighted by molar-refractivity contribution is 7.89. The van der Waals surface area contributed by atoms with E-state index < -0.39 is 15.4 Å². The van der Waals surface area contributed by atoms with Gasteiger partial charge in [-0.25, -0.2) is 13.1 Å². The number of aryl methyl sites for hydroxylation is 2. The Hall–Kier alpha value is -2.15. The van der Waals surface area contributed by atoms with E-state index in [4.69, 9.17) is 4.74 Å². The smallest absolute Gasteiger partial charge is 0.240 e. The average Bonchev–Trinajstić information content (AvgIpc) is 2.67. The molecule has 0 bridgehead atoms. The second-order valence-corrected chi connectivity index (χ2v) is 9.88. The summed E-state index contributed by atoms with van der Waals surface area (Å²) < 4.78 is 34.5. The van der Waals surface area contributed by atoms with Gasteiger partial charge in [-0.2, -0.15) is 0 Å². The lowest BCUT2D eigenvalue weighted by atomic mass is 9.67. The van der Waals surface area contributed by atoms with E-state index in [1.165, 1.54) is 0 Å². The number of rotatable bonds is 5. The van der Waals surface area contributed by atoms with Crippen LogP contribution >= 0.6 is 0 Å². The number of methoxy groups -OCH3 is 1. The van der Waals surface area contributed by atoms with Crippen molar-refractivity contribution in [3.05, 3.63) is 64.7 Å². The van der Waals surface area contributed by atoms with Gasteiger partial charge >= 0.3 is 0 Å². The predicted molar refractivity (Wildman–Crippen MR) is 116 cm³/mol. The van der Waals surface area contributed by atoms with Crippen molar-refractivity contribution < 1.29 is 18.3 Å². The van der Waals surface area contributed by atoms with Crippen LogP contribution in [-0.2, 0) is 16.4 Å². The van der Waals surface area contributed by atoms with E-state index in [2.05, 4.69) is 4.72 Å². The molecule has 1 unspecified atom stereocenters. The minimum absolute atomic E-state index is 0.119. The molecule has 0 amide bonds. The third-order valence-electron chi connectivity index (χ3n) is 5.98. The molecule has 0 aliphatic heterocycles. The monoisotopic (exact) mass is 415 g/mol. The van der Waals surface area contributed by atoms with Crippen molar-refractivity contribution >= 4 is 15.6 Å². The van der Waals surface area contributed by atoms with Gasteiger partial charge in [0.1, 0.15) is 5.75 Å². The Kier molecular flexibility index (Phi) is 5.90. The summed E-state index contributed by atoms with van der Waals surface area (Å²) in [4.78, 5) is 0.268. The molecule has 0 saturated heterocycles. The predicted octanol–water partition coefficient (Wildman–Crippen LogP) is 3.62. The van der Waals surface area contributed by atoms with Gasteiger partial charge < -0.3 is 9.84 Å². The van der Waals surface area contributed by atoms with E-state index in [0.29, 0.717) is 6.42 Å². The highest BCUT2D eigenvalue weighted by Gasteiger charge is 2.41. The molecule has 2 aromatic carbocycles. The van der Waals surface area contributed by atoms with Gasteiger partial charge in [-0.15, -0.1) is 0 Å². The van der Waals surface area contributed by atoms with Crippen LogP contribution < -0.4 is 9.46 Å². The minimum atomic E-state index is -3.69. The Morgan fingerprint density at radius 1 is 1.17 bits per heavy atom. The maximum atomic E-state index is 13.1. The molecule has 0 spiro atoms. The van der Waals surface area contributed by atoms with E-state index in [0.717, 1.165) is 33.6 Å². The number of hydrogen-bond acceptors (Lipinski definition) is 4. The van der Waals surface area contributed by atoms with Gasteiger partial charge in [0.25, 0.3) is 0 Å². The number of benzene rings is 2. The first-order valence-electron chi connectivity index (χ1n) is 9.68. The van der Waals surface area contributed by atoms with Crippen LogP contribution in [-0.4, -0.2) is 33.3 Å². The van der Waals surface area contributed by atoms with E-state index >= 15 is 0 Å². The molecule has 0 aromatic heterocycles. The zero-order valence-corrected chi connectivity index (χ0v) is 18.4. The third kappa shape index (κ3) is 4.10. The molecule has 1 atom stereocenters. The minimum Gasteiger partial charge on any atom is -0.497 e. The number of ether oxygens (including phenoxy) is 1. The quantitative estimate of drug-likeness (QED) is 0.782. The Labute approximate surface area is 173 Å². The SMILES string of the molecule is COc1ccc2c(c1)/C(=C\CO)C(C)(C)C(NS(=O)(=O)c1ccc(C)c(C)c1)C2. The van der Waals surface area contributed by atoms with Crippen LogP contribution in [0.2, 0.25) is 0 Å². The van der Waals surface area contributed by atoms with Gasteiger partial charge in [-0.3, -0.25) is 0 Å². The summed E-state index contributed by atoms with van der Waals surface area (Å²) in [6, 6.07) is 10.6.